The zero-order valence-electron chi connectivity index (χ0n) is 21.9. The molecule has 1 saturated heterocycles. The number of hydrogen-bond acceptors (Lipinski definition) is 8. The zero-order chi connectivity index (χ0) is 25.7. The van der Waals surface area contributed by atoms with Crippen molar-refractivity contribution >= 4 is 28.8 Å². The maximum Gasteiger partial charge on any atom is 0.305 e. The van der Waals surface area contributed by atoms with E-state index >= 15 is 0 Å². The Bertz CT molecular complexity index is 702. The number of carbonyl (C=O) groups is 3. The predicted molar refractivity (Wildman–Crippen MR) is 137 cm³/mol. The lowest BCUT2D eigenvalue weighted by molar-refractivity contribution is -0.171. The van der Waals surface area contributed by atoms with E-state index in [0.29, 0.717) is 26.1 Å². The number of allylic oxidation sites excluding steroid dienone is 2. The first kappa shape index (κ1) is 29.8. The Morgan fingerprint density at radius 2 is 1.77 bits per heavy atom. The summed E-state index contributed by atoms with van der Waals surface area (Å²) in [5.74, 6) is -0.676. The van der Waals surface area contributed by atoms with Crippen LogP contribution in [0.2, 0.25) is 0 Å². The van der Waals surface area contributed by atoms with Crippen molar-refractivity contribution in [3.63, 3.8) is 0 Å². The fourth-order valence-electron chi connectivity index (χ4n) is 5.33. The minimum absolute atomic E-state index is 0.0894. The Hall–Kier alpha value is -1.38. The van der Waals surface area contributed by atoms with Crippen molar-refractivity contribution in [1.82, 2.24) is 0 Å². The van der Waals surface area contributed by atoms with Crippen molar-refractivity contribution in [1.29, 1.82) is 0 Å². The summed E-state index contributed by atoms with van der Waals surface area (Å²) in [5.41, 5.74) is 0. The summed E-state index contributed by atoms with van der Waals surface area (Å²) in [6.07, 6.45) is 13.3. The molecule has 0 bridgehead atoms. The van der Waals surface area contributed by atoms with Crippen LogP contribution in [0.1, 0.15) is 91.4 Å². The van der Waals surface area contributed by atoms with Crippen LogP contribution in [0.15, 0.2) is 12.2 Å². The molecule has 8 heteroatoms. The number of ether oxygens (including phenoxy) is 4. The van der Waals surface area contributed by atoms with Crippen LogP contribution in [0, 0.1) is 11.8 Å². The standard InChI is InChI=1S/C27H44O7S/c1-5-6-11-15-27(32-17-18-33-27)16-14-23-22(12-9-7-8-10-13-26(30)31-4)24(34-20(2)28)19-25(23)35-21(3)29/h7,9,22-25H,5-6,8,10-19H2,1-4H3/b9-7+. The van der Waals surface area contributed by atoms with E-state index < -0.39 is 5.79 Å². The fourth-order valence-corrected chi connectivity index (χ4v) is 6.56. The minimum atomic E-state index is -0.533. The number of carbonyl (C=O) groups excluding carboxylic acids is 3. The van der Waals surface area contributed by atoms with Crippen LogP contribution < -0.4 is 0 Å². The van der Waals surface area contributed by atoms with Gasteiger partial charge in [0.05, 0.1) is 20.3 Å². The van der Waals surface area contributed by atoms with Gasteiger partial charge in [0.25, 0.3) is 0 Å². The van der Waals surface area contributed by atoms with Crippen molar-refractivity contribution in [2.24, 2.45) is 11.8 Å². The third-order valence-electron chi connectivity index (χ3n) is 6.99. The summed E-state index contributed by atoms with van der Waals surface area (Å²) in [6, 6.07) is 0. The molecule has 1 saturated carbocycles. The zero-order valence-corrected chi connectivity index (χ0v) is 22.7. The molecule has 4 unspecified atom stereocenters. The van der Waals surface area contributed by atoms with Crippen molar-refractivity contribution in [2.75, 3.05) is 20.3 Å². The van der Waals surface area contributed by atoms with Crippen molar-refractivity contribution < 1.29 is 33.3 Å². The van der Waals surface area contributed by atoms with Gasteiger partial charge in [-0.3, -0.25) is 14.4 Å². The van der Waals surface area contributed by atoms with Crippen LogP contribution in [0.4, 0.5) is 0 Å². The second kappa shape index (κ2) is 15.7. The highest BCUT2D eigenvalue weighted by Gasteiger charge is 2.46. The molecule has 1 aliphatic carbocycles. The molecule has 0 aromatic carbocycles. The Kier molecular flexibility index (Phi) is 13.4. The third kappa shape index (κ3) is 10.3. The number of methoxy groups -OCH3 is 1. The Morgan fingerprint density at radius 3 is 2.40 bits per heavy atom. The SMILES string of the molecule is CCCCCC1(CCC2C(SC(C)=O)CC(OC(C)=O)C2C/C=C/CCCC(=O)OC)OCCO1. The summed E-state index contributed by atoms with van der Waals surface area (Å²) in [4.78, 5) is 35.2. The summed E-state index contributed by atoms with van der Waals surface area (Å²) >= 11 is 1.37. The van der Waals surface area contributed by atoms with Crippen LogP contribution in [-0.4, -0.2) is 54.5 Å². The first-order valence-electron chi connectivity index (χ1n) is 13.1. The molecule has 0 aromatic rings. The van der Waals surface area contributed by atoms with E-state index in [1.165, 1.54) is 25.8 Å². The van der Waals surface area contributed by atoms with Crippen LogP contribution in [0.25, 0.3) is 0 Å². The molecule has 35 heavy (non-hydrogen) atoms. The highest BCUT2D eigenvalue weighted by molar-refractivity contribution is 8.14. The van der Waals surface area contributed by atoms with Gasteiger partial charge in [0.1, 0.15) is 6.10 Å². The van der Waals surface area contributed by atoms with Gasteiger partial charge < -0.3 is 18.9 Å². The number of rotatable bonds is 15. The van der Waals surface area contributed by atoms with E-state index in [9.17, 15) is 14.4 Å². The van der Waals surface area contributed by atoms with Crippen molar-refractivity contribution in [3.05, 3.63) is 12.2 Å². The summed E-state index contributed by atoms with van der Waals surface area (Å²) < 4.78 is 22.7. The monoisotopic (exact) mass is 512 g/mol. The first-order valence-corrected chi connectivity index (χ1v) is 14.0. The quantitative estimate of drug-likeness (QED) is 0.159. The number of thioether (sulfide) groups is 1. The molecule has 1 heterocycles. The highest BCUT2D eigenvalue weighted by atomic mass is 32.2. The van der Waals surface area contributed by atoms with Gasteiger partial charge in [0.15, 0.2) is 10.9 Å². The van der Waals surface area contributed by atoms with E-state index in [1.807, 2.05) is 0 Å². The molecule has 2 rings (SSSR count). The fraction of sp³-hybridized carbons (Fsp3) is 0.815. The predicted octanol–water partition coefficient (Wildman–Crippen LogP) is 5.60. The molecule has 2 aliphatic rings. The lowest BCUT2D eigenvalue weighted by atomic mass is 9.85. The molecular weight excluding hydrogens is 468 g/mol. The number of unbranched alkanes of at least 4 members (excludes halogenated alkanes) is 3. The normalized spacial score (nSPS) is 25.7. The lowest BCUT2D eigenvalue weighted by Gasteiger charge is -2.32. The number of hydrogen-bond donors (Lipinski definition) is 0. The summed E-state index contributed by atoms with van der Waals surface area (Å²) in [7, 11) is 1.40. The van der Waals surface area contributed by atoms with Gasteiger partial charge in [0, 0.05) is 44.3 Å². The maximum atomic E-state index is 12.0. The molecule has 0 radical (unpaired) electrons. The third-order valence-corrected chi connectivity index (χ3v) is 8.17. The van der Waals surface area contributed by atoms with E-state index in [0.717, 1.165) is 57.8 Å². The van der Waals surface area contributed by atoms with Gasteiger partial charge >= 0.3 is 11.9 Å². The molecule has 4 atom stereocenters. The lowest BCUT2D eigenvalue weighted by Crippen LogP contribution is -2.33. The van der Waals surface area contributed by atoms with Crippen LogP contribution in [0.5, 0.6) is 0 Å². The van der Waals surface area contributed by atoms with Gasteiger partial charge in [-0.05, 0) is 44.4 Å². The van der Waals surface area contributed by atoms with Gasteiger partial charge in [0.2, 0.25) is 0 Å². The Balaban J connectivity index is 2.09. The molecule has 0 spiro atoms. The molecule has 0 amide bonds. The van der Waals surface area contributed by atoms with Crippen molar-refractivity contribution in [2.45, 2.75) is 109 Å². The maximum absolute atomic E-state index is 12.0. The summed E-state index contributed by atoms with van der Waals surface area (Å²) in [5, 5.41) is 0.190. The van der Waals surface area contributed by atoms with Gasteiger partial charge in [-0.25, -0.2) is 0 Å². The second-order valence-corrected chi connectivity index (χ2v) is 11.1. The Labute approximate surface area is 215 Å². The van der Waals surface area contributed by atoms with E-state index in [1.54, 1.807) is 6.92 Å². The number of esters is 2. The van der Waals surface area contributed by atoms with Crippen LogP contribution in [0.3, 0.4) is 0 Å². The molecule has 1 aliphatic heterocycles. The average molecular weight is 513 g/mol. The molecule has 0 N–H and O–H groups in total. The Morgan fingerprint density at radius 1 is 1.03 bits per heavy atom. The van der Waals surface area contributed by atoms with Crippen molar-refractivity contribution in [3.8, 4) is 0 Å². The van der Waals surface area contributed by atoms with Crippen LogP contribution in [-0.2, 0) is 33.3 Å². The molecule has 200 valence electrons. The van der Waals surface area contributed by atoms with Gasteiger partial charge in [-0.2, -0.15) is 0 Å². The van der Waals surface area contributed by atoms with E-state index in [-0.39, 0.29) is 40.2 Å². The smallest absolute Gasteiger partial charge is 0.305 e. The molecule has 0 aromatic heterocycles. The van der Waals surface area contributed by atoms with Crippen LogP contribution >= 0.6 is 11.8 Å². The average Bonchev–Trinajstić information content (AvgIpc) is 3.39. The van der Waals surface area contributed by atoms with E-state index in [2.05, 4.69) is 19.1 Å². The summed E-state index contributed by atoms with van der Waals surface area (Å²) in [6.45, 7) is 6.48. The first-order chi connectivity index (χ1) is 16.8. The highest BCUT2D eigenvalue weighted by Crippen LogP contribution is 2.47. The minimum Gasteiger partial charge on any atom is -0.469 e. The molecule has 7 nitrogen and oxygen atoms in total. The second-order valence-electron chi connectivity index (χ2n) is 9.64. The molecule has 2 fully saturated rings. The van der Waals surface area contributed by atoms with Gasteiger partial charge in [-0.1, -0.05) is 43.7 Å². The largest absolute Gasteiger partial charge is 0.469 e. The van der Waals surface area contributed by atoms with E-state index in [4.69, 9.17) is 18.9 Å². The van der Waals surface area contributed by atoms with Gasteiger partial charge in [-0.15, -0.1) is 0 Å². The molecular formula is C27H44O7S. The topological polar surface area (TPSA) is 88.1 Å².